The quantitative estimate of drug-likeness (QED) is 0.482. The summed E-state index contributed by atoms with van der Waals surface area (Å²) in [5.41, 5.74) is 1.49. The van der Waals surface area contributed by atoms with Crippen molar-refractivity contribution in [3.8, 4) is 6.07 Å². The Hall–Kier alpha value is -3.41. The van der Waals surface area contributed by atoms with Crippen molar-refractivity contribution in [1.82, 2.24) is 0 Å². The van der Waals surface area contributed by atoms with E-state index in [0.717, 1.165) is 5.56 Å². The van der Waals surface area contributed by atoms with Gasteiger partial charge in [-0.3, -0.25) is 8.93 Å². The molecule has 6 nitrogen and oxygen atoms in total. The Labute approximate surface area is 176 Å². The normalized spacial score (nSPS) is 12.4. The van der Waals surface area contributed by atoms with Crippen LogP contribution in [0.2, 0.25) is 0 Å². The van der Waals surface area contributed by atoms with Crippen molar-refractivity contribution in [2.45, 2.75) is 15.7 Å². The second kappa shape index (κ2) is 8.14. The van der Waals surface area contributed by atoms with Crippen molar-refractivity contribution in [1.29, 1.82) is 5.26 Å². The number of furan rings is 1. The van der Waals surface area contributed by atoms with Crippen molar-refractivity contribution in [2.75, 3.05) is 4.72 Å². The molecule has 3 aromatic carbocycles. The molecule has 0 aliphatic rings. The van der Waals surface area contributed by atoms with Gasteiger partial charge in [-0.2, -0.15) is 13.7 Å². The van der Waals surface area contributed by atoms with E-state index in [0.29, 0.717) is 11.0 Å². The number of para-hydroxylation sites is 1. The summed E-state index contributed by atoms with van der Waals surface area (Å²) >= 11 is 0. The van der Waals surface area contributed by atoms with E-state index in [1.807, 2.05) is 36.4 Å². The molecule has 0 saturated heterocycles. The summed E-state index contributed by atoms with van der Waals surface area (Å²) in [6.07, 6.45) is 0. The molecule has 0 aliphatic heterocycles. The first kappa shape index (κ1) is 19.9. The average Bonchev–Trinajstić information content (AvgIpc) is 3.19. The van der Waals surface area contributed by atoms with Gasteiger partial charge in [-0.05, 0) is 23.8 Å². The van der Waals surface area contributed by atoms with Crippen molar-refractivity contribution in [2.24, 2.45) is 0 Å². The third-order valence-electron chi connectivity index (χ3n) is 4.42. The molecule has 4 rings (SSSR count). The van der Waals surface area contributed by atoms with Crippen LogP contribution < -0.4 is 4.72 Å². The fraction of sp³-hybridized carbons (Fsp3) is 0.0455. The minimum Gasteiger partial charge on any atom is -0.443 e. The van der Waals surface area contributed by atoms with Crippen molar-refractivity contribution in [3.63, 3.8) is 0 Å². The summed E-state index contributed by atoms with van der Waals surface area (Å²) in [5.74, 6) is 0.152. The van der Waals surface area contributed by atoms with Crippen LogP contribution in [-0.4, -0.2) is 12.6 Å². The van der Waals surface area contributed by atoms with Crippen LogP contribution in [0, 0.1) is 11.3 Å². The van der Waals surface area contributed by atoms with Gasteiger partial charge in [-0.25, -0.2) is 0 Å². The number of hydrogen-bond donors (Lipinski definition) is 1. The molecule has 1 aromatic heterocycles. The summed E-state index contributed by atoms with van der Waals surface area (Å²) in [7, 11) is -5.73. The number of rotatable bonds is 6. The van der Waals surface area contributed by atoms with Gasteiger partial charge in [0.15, 0.2) is 0 Å². The number of benzene rings is 3. The highest BCUT2D eigenvalue weighted by Gasteiger charge is 2.24. The Balaban J connectivity index is 1.72. The average molecular weight is 437 g/mol. The van der Waals surface area contributed by atoms with E-state index < -0.39 is 20.8 Å². The maximum Gasteiger partial charge on any atom is 0.295 e. The molecule has 0 aliphatic carbocycles. The molecule has 1 unspecified atom stereocenters. The van der Waals surface area contributed by atoms with Crippen LogP contribution in [0.1, 0.15) is 11.1 Å². The fourth-order valence-corrected chi connectivity index (χ4v) is 5.50. The SMILES string of the molecule is N#Cc1cccc(NS(=O)(=O)c2cc3ccccc3o2)c1S(=O)Cc1ccccc1. The zero-order chi connectivity index (χ0) is 21.1. The molecule has 30 heavy (non-hydrogen) atoms. The number of fused-ring (bicyclic) bond motifs is 1. The maximum absolute atomic E-state index is 13.1. The molecule has 0 bridgehead atoms. The molecule has 1 heterocycles. The first-order valence-electron chi connectivity index (χ1n) is 8.95. The summed E-state index contributed by atoms with van der Waals surface area (Å²) < 4.78 is 46.8. The van der Waals surface area contributed by atoms with Crippen LogP contribution in [0.25, 0.3) is 11.0 Å². The smallest absolute Gasteiger partial charge is 0.295 e. The van der Waals surface area contributed by atoms with Crippen molar-refractivity contribution < 1.29 is 17.0 Å². The highest BCUT2D eigenvalue weighted by atomic mass is 32.2. The molecule has 8 heteroatoms. The standard InChI is InChI=1S/C22H16N2O4S2/c23-14-18-10-6-11-19(22(18)29(25)15-16-7-2-1-3-8-16)24-30(26,27)21-13-17-9-4-5-12-20(17)28-21/h1-13,24H,15H2. The maximum atomic E-state index is 13.1. The van der Waals surface area contributed by atoms with Gasteiger partial charge in [0, 0.05) is 11.5 Å². The van der Waals surface area contributed by atoms with Crippen LogP contribution in [0.4, 0.5) is 5.69 Å². The molecule has 1 atom stereocenters. The van der Waals surface area contributed by atoms with E-state index in [1.54, 1.807) is 24.3 Å². The van der Waals surface area contributed by atoms with Gasteiger partial charge in [-0.1, -0.05) is 54.6 Å². The molecular formula is C22H16N2O4S2. The number of sulfonamides is 1. The summed E-state index contributed by atoms with van der Waals surface area (Å²) in [6.45, 7) is 0. The predicted molar refractivity (Wildman–Crippen MR) is 115 cm³/mol. The molecule has 150 valence electrons. The molecule has 0 radical (unpaired) electrons. The summed E-state index contributed by atoms with van der Waals surface area (Å²) in [6, 6.07) is 24.1. The van der Waals surface area contributed by atoms with Crippen LogP contribution >= 0.6 is 0 Å². The zero-order valence-electron chi connectivity index (χ0n) is 15.6. The number of nitrogens with zero attached hydrogens (tertiary/aromatic N) is 1. The van der Waals surface area contributed by atoms with E-state index in [9.17, 15) is 17.9 Å². The second-order valence-electron chi connectivity index (χ2n) is 6.48. The third kappa shape index (κ3) is 3.99. The topological polar surface area (TPSA) is 100 Å². The van der Waals surface area contributed by atoms with Crippen LogP contribution in [0.15, 0.2) is 93.3 Å². The van der Waals surface area contributed by atoms with E-state index in [2.05, 4.69) is 4.72 Å². The fourth-order valence-electron chi connectivity index (χ4n) is 3.03. The highest BCUT2D eigenvalue weighted by molar-refractivity contribution is 7.92. The Morgan fingerprint density at radius 1 is 0.967 bits per heavy atom. The largest absolute Gasteiger partial charge is 0.443 e. The number of hydrogen-bond acceptors (Lipinski definition) is 5. The molecule has 1 N–H and O–H groups in total. The van der Waals surface area contributed by atoms with E-state index in [4.69, 9.17) is 4.42 Å². The third-order valence-corrected chi connectivity index (χ3v) is 7.13. The van der Waals surface area contributed by atoms with Gasteiger partial charge < -0.3 is 4.42 Å². The highest BCUT2D eigenvalue weighted by Crippen LogP contribution is 2.29. The Morgan fingerprint density at radius 2 is 1.70 bits per heavy atom. The van der Waals surface area contributed by atoms with Gasteiger partial charge in [0.25, 0.3) is 10.0 Å². The lowest BCUT2D eigenvalue weighted by Crippen LogP contribution is -2.15. The van der Waals surface area contributed by atoms with E-state index >= 15 is 0 Å². The lowest BCUT2D eigenvalue weighted by molar-refractivity contribution is 0.484. The Kier molecular flexibility index (Phi) is 5.40. The lowest BCUT2D eigenvalue weighted by atomic mass is 10.2. The van der Waals surface area contributed by atoms with Gasteiger partial charge in [0.1, 0.15) is 11.7 Å². The first-order chi connectivity index (χ1) is 14.5. The molecule has 0 amide bonds. The Bertz CT molecular complexity index is 1350. The minimum absolute atomic E-state index is 0.0868. The number of anilines is 1. The predicted octanol–water partition coefficient (Wildman–Crippen LogP) is 4.41. The molecule has 0 saturated carbocycles. The first-order valence-corrected chi connectivity index (χ1v) is 11.7. The summed E-state index contributed by atoms with van der Waals surface area (Å²) in [5, 5.41) is 9.88. The van der Waals surface area contributed by atoms with Crippen LogP contribution in [-0.2, 0) is 26.6 Å². The molecule has 0 fully saturated rings. The van der Waals surface area contributed by atoms with Crippen LogP contribution in [0.3, 0.4) is 0 Å². The van der Waals surface area contributed by atoms with Crippen LogP contribution in [0.5, 0.6) is 0 Å². The number of nitriles is 1. The van der Waals surface area contributed by atoms with E-state index in [1.165, 1.54) is 24.3 Å². The Morgan fingerprint density at radius 3 is 2.43 bits per heavy atom. The zero-order valence-corrected chi connectivity index (χ0v) is 17.2. The van der Waals surface area contributed by atoms with Crippen molar-refractivity contribution >= 4 is 37.5 Å². The monoisotopic (exact) mass is 436 g/mol. The van der Waals surface area contributed by atoms with Crippen molar-refractivity contribution in [3.05, 3.63) is 90.0 Å². The van der Waals surface area contributed by atoms with Gasteiger partial charge >= 0.3 is 0 Å². The summed E-state index contributed by atoms with van der Waals surface area (Å²) in [4.78, 5) is 0.142. The lowest BCUT2D eigenvalue weighted by Gasteiger charge is -2.13. The number of nitrogens with one attached hydrogen (secondary N) is 1. The van der Waals surface area contributed by atoms with Gasteiger partial charge in [-0.15, -0.1) is 0 Å². The van der Waals surface area contributed by atoms with E-state index in [-0.39, 0.29) is 27.0 Å². The van der Waals surface area contributed by atoms with Gasteiger partial charge in [0.2, 0.25) is 5.09 Å². The molecular weight excluding hydrogens is 420 g/mol. The minimum atomic E-state index is -4.09. The molecule has 0 spiro atoms. The van der Waals surface area contributed by atoms with Gasteiger partial charge in [0.05, 0.1) is 32.7 Å². The molecule has 4 aromatic rings. The second-order valence-corrected chi connectivity index (χ2v) is 9.48.